The molecule has 0 aliphatic heterocycles. The lowest BCUT2D eigenvalue weighted by Crippen LogP contribution is -2.20. The lowest BCUT2D eigenvalue weighted by Gasteiger charge is -2.08. The third-order valence-electron chi connectivity index (χ3n) is 4.04. The molecule has 7 nitrogen and oxygen atoms in total. The number of nitrogens with one attached hydrogen (secondary N) is 2. The third kappa shape index (κ3) is 5.38. The second-order valence-corrected chi connectivity index (χ2v) is 9.48. The van der Waals surface area contributed by atoms with Crippen molar-refractivity contribution in [2.24, 2.45) is 5.10 Å². The number of sulfonamides is 1. The highest BCUT2D eigenvalue weighted by atomic mass is 35.5. The molecular formula is C20H18ClN3O4S2. The van der Waals surface area contributed by atoms with Gasteiger partial charge in [0.1, 0.15) is 5.75 Å². The van der Waals surface area contributed by atoms with Crippen molar-refractivity contribution in [2.75, 3.05) is 12.4 Å². The molecule has 1 heterocycles. The molecule has 156 valence electrons. The minimum Gasteiger partial charge on any atom is -0.497 e. The Labute approximate surface area is 183 Å². The normalized spacial score (nSPS) is 11.8. The van der Waals surface area contributed by atoms with Gasteiger partial charge in [-0.1, -0.05) is 23.7 Å². The van der Waals surface area contributed by atoms with Gasteiger partial charge in [-0.05, 0) is 61.0 Å². The van der Waals surface area contributed by atoms with Gasteiger partial charge < -0.3 is 10.1 Å². The lowest BCUT2D eigenvalue weighted by molar-refractivity contribution is 0.103. The van der Waals surface area contributed by atoms with Crippen LogP contribution in [0.4, 0.5) is 5.69 Å². The second kappa shape index (κ2) is 9.29. The number of anilines is 1. The standard InChI is InChI=1S/C20H18ClN3O4S2/c1-13(23-24-30(26,27)17-8-6-16(28-2)7-9-17)14-4-3-5-15(12-14)22-20(25)18-10-11-19(21)29-18/h3-12,24H,1-2H3,(H,22,25)/b23-13-. The first-order chi connectivity index (χ1) is 14.3. The minimum absolute atomic E-state index is 0.0653. The first-order valence-electron chi connectivity index (χ1n) is 8.66. The number of hydrogen-bond acceptors (Lipinski definition) is 6. The third-order valence-corrected chi connectivity index (χ3v) is 6.49. The Balaban J connectivity index is 1.72. The summed E-state index contributed by atoms with van der Waals surface area (Å²) < 4.78 is 30.4. The van der Waals surface area contributed by atoms with E-state index >= 15 is 0 Å². The maximum Gasteiger partial charge on any atom is 0.276 e. The van der Waals surface area contributed by atoms with Crippen LogP contribution in [0.3, 0.4) is 0 Å². The van der Waals surface area contributed by atoms with Crippen molar-refractivity contribution in [3.8, 4) is 5.75 Å². The van der Waals surface area contributed by atoms with E-state index in [2.05, 4.69) is 15.2 Å². The van der Waals surface area contributed by atoms with Gasteiger partial charge in [-0.3, -0.25) is 4.79 Å². The van der Waals surface area contributed by atoms with Gasteiger partial charge in [0.05, 0.1) is 26.9 Å². The summed E-state index contributed by atoms with van der Waals surface area (Å²) >= 11 is 7.05. The second-order valence-electron chi connectivity index (χ2n) is 6.11. The zero-order chi connectivity index (χ0) is 21.7. The molecule has 0 atom stereocenters. The lowest BCUT2D eigenvalue weighted by atomic mass is 10.1. The van der Waals surface area contributed by atoms with Crippen molar-refractivity contribution in [3.05, 3.63) is 75.4 Å². The van der Waals surface area contributed by atoms with E-state index in [-0.39, 0.29) is 10.8 Å². The monoisotopic (exact) mass is 463 g/mol. The molecule has 10 heteroatoms. The number of thiophene rings is 1. The maximum absolute atomic E-state index is 12.4. The Morgan fingerprint density at radius 1 is 1.10 bits per heavy atom. The molecule has 0 fully saturated rings. The Morgan fingerprint density at radius 3 is 2.47 bits per heavy atom. The number of hydrogen-bond donors (Lipinski definition) is 2. The maximum atomic E-state index is 12.4. The molecule has 0 aliphatic rings. The van der Waals surface area contributed by atoms with E-state index in [1.807, 2.05) is 0 Å². The number of methoxy groups -OCH3 is 1. The molecule has 3 rings (SSSR count). The number of carbonyl (C=O) groups is 1. The molecule has 0 radical (unpaired) electrons. The van der Waals surface area contributed by atoms with Crippen LogP contribution in [0.2, 0.25) is 4.34 Å². The van der Waals surface area contributed by atoms with Gasteiger partial charge in [0.15, 0.2) is 0 Å². The molecular weight excluding hydrogens is 446 g/mol. The van der Waals surface area contributed by atoms with E-state index in [0.717, 1.165) is 0 Å². The van der Waals surface area contributed by atoms with Crippen molar-refractivity contribution in [3.63, 3.8) is 0 Å². The summed E-state index contributed by atoms with van der Waals surface area (Å²) in [5.74, 6) is 0.274. The van der Waals surface area contributed by atoms with Crippen LogP contribution in [0, 0.1) is 0 Å². The fourth-order valence-corrected chi connectivity index (χ4v) is 4.25. The van der Waals surface area contributed by atoms with Gasteiger partial charge >= 0.3 is 0 Å². The summed E-state index contributed by atoms with van der Waals surface area (Å²) in [4.78, 5) is 15.1. The van der Waals surface area contributed by atoms with Crippen LogP contribution in [-0.4, -0.2) is 27.1 Å². The molecule has 0 unspecified atom stereocenters. The highest BCUT2D eigenvalue weighted by molar-refractivity contribution is 7.89. The van der Waals surface area contributed by atoms with Crippen molar-refractivity contribution < 1.29 is 17.9 Å². The fourth-order valence-electron chi connectivity index (χ4n) is 2.45. The first kappa shape index (κ1) is 21.8. The fraction of sp³-hybridized carbons (Fsp3) is 0.100. The minimum atomic E-state index is -3.83. The molecule has 0 spiro atoms. The average Bonchev–Trinajstić information content (AvgIpc) is 3.19. The number of nitrogens with zero attached hydrogens (tertiary/aromatic N) is 1. The van der Waals surface area contributed by atoms with E-state index in [1.165, 1.54) is 30.6 Å². The zero-order valence-electron chi connectivity index (χ0n) is 16.0. The molecule has 3 aromatic rings. The Bertz CT molecular complexity index is 1190. The van der Waals surface area contributed by atoms with Crippen LogP contribution in [0.15, 0.2) is 70.7 Å². The van der Waals surface area contributed by atoms with Gasteiger partial charge in [-0.2, -0.15) is 18.4 Å². The molecule has 0 bridgehead atoms. The number of hydrazone groups is 1. The number of ether oxygens (including phenoxy) is 1. The summed E-state index contributed by atoms with van der Waals surface area (Å²) in [6.45, 7) is 1.66. The smallest absolute Gasteiger partial charge is 0.276 e. The molecule has 30 heavy (non-hydrogen) atoms. The van der Waals surface area contributed by atoms with Crippen LogP contribution in [-0.2, 0) is 10.0 Å². The summed E-state index contributed by atoms with van der Waals surface area (Å²) in [7, 11) is -2.32. The SMILES string of the molecule is COc1ccc(S(=O)(=O)N/N=C(/C)c2cccc(NC(=O)c3ccc(Cl)s3)c2)cc1. The Morgan fingerprint density at radius 2 is 1.83 bits per heavy atom. The van der Waals surface area contributed by atoms with E-state index in [4.69, 9.17) is 16.3 Å². The molecule has 1 amide bonds. The zero-order valence-corrected chi connectivity index (χ0v) is 18.4. The number of benzene rings is 2. The van der Waals surface area contributed by atoms with E-state index in [1.54, 1.807) is 55.5 Å². The number of carbonyl (C=O) groups excluding carboxylic acids is 1. The van der Waals surface area contributed by atoms with Crippen molar-refractivity contribution in [1.29, 1.82) is 0 Å². The van der Waals surface area contributed by atoms with E-state index < -0.39 is 10.0 Å². The average molecular weight is 464 g/mol. The van der Waals surface area contributed by atoms with Gasteiger partial charge in [-0.25, -0.2) is 0 Å². The van der Waals surface area contributed by atoms with Crippen molar-refractivity contribution in [2.45, 2.75) is 11.8 Å². The van der Waals surface area contributed by atoms with Crippen LogP contribution >= 0.6 is 22.9 Å². The molecule has 2 aromatic carbocycles. The molecule has 0 saturated carbocycles. The van der Waals surface area contributed by atoms with Crippen LogP contribution in [0.1, 0.15) is 22.2 Å². The van der Waals surface area contributed by atoms with Crippen LogP contribution < -0.4 is 14.9 Å². The number of rotatable bonds is 7. The summed E-state index contributed by atoms with van der Waals surface area (Å²) in [6, 6.07) is 16.2. The highest BCUT2D eigenvalue weighted by Gasteiger charge is 2.14. The highest BCUT2D eigenvalue weighted by Crippen LogP contribution is 2.23. The first-order valence-corrected chi connectivity index (χ1v) is 11.3. The summed E-state index contributed by atoms with van der Waals surface area (Å²) in [5, 5.41) is 6.77. The van der Waals surface area contributed by atoms with Crippen molar-refractivity contribution >= 4 is 50.3 Å². The topological polar surface area (TPSA) is 96.9 Å². The summed E-state index contributed by atoms with van der Waals surface area (Å²) in [6.07, 6.45) is 0. The Hall–Kier alpha value is -2.88. The number of amides is 1. The molecule has 1 aromatic heterocycles. The van der Waals surface area contributed by atoms with Gasteiger partial charge in [0.2, 0.25) is 0 Å². The van der Waals surface area contributed by atoms with Gasteiger partial charge in [0, 0.05) is 5.69 Å². The quantitative estimate of drug-likeness (QED) is 0.401. The van der Waals surface area contributed by atoms with Gasteiger partial charge in [0.25, 0.3) is 15.9 Å². The number of halogens is 1. The predicted molar refractivity (Wildman–Crippen MR) is 119 cm³/mol. The summed E-state index contributed by atoms with van der Waals surface area (Å²) in [5.41, 5.74) is 1.63. The van der Waals surface area contributed by atoms with Gasteiger partial charge in [-0.15, -0.1) is 11.3 Å². The molecule has 0 saturated heterocycles. The largest absolute Gasteiger partial charge is 0.497 e. The van der Waals surface area contributed by atoms with E-state index in [0.29, 0.717) is 31.9 Å². The molecule has 2 N–H and O–H groups in total. The Kier molecular flexibility index (Phi) is 6.76. The van der Waals surface area contributed by atoms with Crippen LogP contribution in [0.25, 0.3) is 0 Å². The van der Waals surface area contributed by atoms with Crippen LogP contribution in [0.5, 0.6) is 5.75 Å². The van der Waals surface area contributed by atoms with E-state index in [9.17, 15) is 13.2 Å². The van der Waals surface area contributed by atoms with Crippen molar-refractivity contribution in [1.82, 2.24) is 4.83 Å². The molecule has 0 aliphatic carbocycles. The predicted octanol–water partition coefficient (Wildman–Crippen LogP) is 4.36.